The van der Waals surface area contributed by atoms with Crippen LogP contribution in [-0.4, -0.2) is 21.8 Å². The summed E-state index contributed by atoms with van der Waals surface area (Å²) in [5.41, 5.74) is 14.0. The lowest BCUT2D eigenvalue weighted by Gasteiger charge is -2.03. The number of nitrogens with one attached hydrogen (secondary N) is 1. The number of hydrogen-bond donors (Lipinski definition) is 3. The number of aromatic amines is 1. The first-order valence-corrected chi connectivity index (χ1v) is 5.15. The lowest BCUT2D eigenvalue weighted by atomic mass is 10.2. The second-order valence-electron chi connectivity index (χ2n) is 3.96. The van der Waals surface area contributed by atoms with Gasteiger partial charge in [-0.2, -0.15) is 0 Å². The molecule has 2 rings (SSSR count). The predicted molar refractivity (Wildman–Crippen MR) is 73.6 cm³/mol. The molecule has 0 bridgehead atoms. The molecular formula is C11H16ClN5. The van der Waals surface area contributed by atoms with E-state index in [-0.39, 0.29) is 18.4 Å². The Labute approximate surface area is 106 Å². The standard InChI is InChI=1S/C11H15N5.ClH/c1-6(2)14-10(12)7-3-4-8-9(5-7)16-11(13)15-8;/h3-6H,1-2H3,(H2,12,14)(H3,13,15,16);1H. The summed E-state index contributed by atoms with van der Waals surface area (Å²) >= 11 is 0. The van der Waals surface area contributed by atoms with Crippen LogP contribution in [0.15, 0.2) is 23.2 Å². The maximum absolute atomic E-state index is 5.88. The van der Waals surface area contributed by atoms with Crippen molar-refractivity contribution in [1.82, 2.24) is 9.97 Å². The molecular weight excluding hydrogens is 238 g/mol. The van der Waals surface area contributed by atoms with Crippen LogP contribution >= 0.6 is 12.4 Å². The average Bonchev–Trinajstić information content (AvgIpc) is 2.55. The minimum atomic E-state index is 0. The van der Waals surface area contributed by atoms with E-state index in [0.717, 1.165) is 16.6 Å². The van der Waals surface area contributed by atoms with Crippen LogP contribution in [0.3, 0.4) is 0 Å². The number of halogens is 1. The van der Waals surface area contributed by atoms with E-state index in [1.807, 2.05) is 32.0 Å². The summed E-state index contributed by atoms with van der Waals surface area (Å²) in [5, 5.41) is 0. The Hall–Kier alpha value is -1.75. The Morgan fingerprint density at radius 3 is 2.76 bits per heavy atom. The molecule has 0 aliphatic rings. The molecule has 1 aromatic carbocycles. The number of imidazole rings is 1. The molecule has 17 heavy (non-hydrogen) atoms. The molecule has 2 aromatic rings. The van der Waals surface area contributed by atoms with E-state index in [1.54, 1.807) is 0 Å². The lowest BCUT2D eigenvalue weighted by Crippen LogP contribution is -2.15. The number of nitrogens with zero attached hydrogens (tertiary/aromatic N) is 2. The number of benzene rings is 1. The summed E-state index contributed by atoms with van der Waals surface area (Å²) in [5.74, 6) is 0.941. The van der Waals surface area contributed by atoms with Crippen molar-refractivity contribution in [1.29, 1.82) is 0 Å². The fraction of sp³-hybridized carbons (Fsp3) is 0.273. The van der Waals surface area contributed by atoms with Crippen molar-refractivity contribution in [2.75, 3.05) is 5.73 Å². The molecule has 0 atom stereocenters. The van der Waals surface area contributed by atoms with E-state index < -0.39 is 0 Å². The third-order valence-corrected chi connectivity index (χ3v) is 2.19. The van der Waals surface area contributed by atoms with Gasteiger partial charge >= 0.3 is 0 Å². The molecule has 0 spiro atoms. The normalized spacial score (nSPS) is 11.8. The molecule has 0 aliphatic carbocycles. The quantitative estimate of drug-likeness (QED) is 0.562. The van der Waals surface area contributed by atoms with Gasteiger partial charge in [0.2, 0.25) is 0 Å². The van der Waals surface area contributed by atoms with E-state index in [9.17, 15) is 0 Å². The van der Waals surface area contributed by atoms with Crippen LogP contribution in [0.5, 0.6) is 0 Å². The number of rotatable bonds is 2. The van der Waals surface area contributed by atoms with E-state index >= 15 is 0 Å². The molecule has 1 aromatic heterocycles. The largest absolute Gasteiger partial charge is 0.383 e. The summed E-state index contributed by atoms with van der Waals surface area (Å²) in [6.07, 6.45) is 0. The van der Waals surface area contributed by atoms with Crippen LogP contribution in [-0.2, 0) is 0 Å². The van der Waals surface area contributed by atoms with Gasteiger partial charge in [0.15, 0.2) is 5.95 Å². The molecule has 0 aliphatic heterocycles. The van der Waals surface area contributed by atoms with Gasteiger partial charge in [-0.3, -0.25) is 4.99 Å². The van der Waals surface area contributed by atoms with Gasteiger partial charge in [-0.05, 0) is 32.0 Å². The summed E-state index contributed by atoms with van der Waals surface area (Å²) in [6.45, 7) is 3.97. The van der Waals surface area contributed by atoms with Crippen molar-refractivity contribution >= 4 is 35.2 Å². The number of H-pyrrole nitrogens is 1. The number of aliphatic imine (C=N–C) groups is 1. The molecule has 0 saturated heterocycles. The first kappa shape index (κ1) is 13.3. The Kier molecular flexibility index (Phi) is 3.96. The molecule has 0 amide bonds. The molecule has 0 fully saturated rings. The molecule has 92 valence electrons. The van der Waals surface area contributed by atoms with Crippen LogP contribution in [0.2, 0.25) is 0 Å². The number of aromatic nitrogens is 2. The zero-order valence-electron chi connectivity index (χ0n) is 9.77. The number of amidine groups is 1. The molecule has 5 nitrogen and oxygen atoms in total. The monoisotopic (exact) mass is 253 g/mol. The highest BCUT2D eigenvalue weighted by Crippen LogP contribution is 2.14. The topological polar surface area (TPSA) is 93.1 Å². The fourth-order valence-electron chi connectivity index (χ4n) is 1.54. The van der Waals surface area contributed by atoms with Crippen LogP contribution < -0.4 is 11.5 Å². The third-order valence-electron chi connectivity index (χ3n) is 2.19. The highest BCUT2D eigenvalue weighted by Gasteiger charge is 2.04. The summed E-state index contributed by atoms with van der Waals surface area (Å²) in [6, 6.07) is 5.85. The van der Waals surface area contributed by atoms with Crippen molar-refractivity contribution in [3.05, 3.63) is 23.8 Å². The van der Waals surface area contributed by atoms with Crippen LogP contribution in [0.25, 0.3) is 11.0 Å². The molecule has 0 unspecified atom stereocenters. The lowest BCUT2D eigenvalue weighted by molar-refractivity contribution is 0.834. The smallest absolute Gasteiger partial charge is 0.198 e. The number of anilines is 1. The zero-order valence-corrected chi connectivity index (χ0v) is 10.6. The SMILES string of the molecule is CC(C)N=C(N)c1ccc2nc(N)[nH]c2c1.Cl. The van der Waals surface area contributed by atoms with E-state index in [2.05, 4.69) is 15.0 Å². The summed E-state index contributed by atoms with van der Waals surface area (Å²) in [7, 11) is 0. The second-order valence-corrected chi connectivity index (χ2v) is 3.96. The Balaban J connectivity index is 0.00000144. The third kappa shape index (κ3) is 2.88. The molecule has 5 N–H and O–H groups in total. The maximum Gasteiger partial charge on any atom is 0.198 e. The van der Waals surface area contributed by atoms with Crippen LogP contribution in [0.1, 0.15) is 19.4 Å². The zero-order chi connectivity index (χ0) is 11.7. The van der Waals surface area contributed by atoms with Crippen molar-refractivity contribution < 1.29 is 0 Å². The van der Waals surface area contributed by atoms with Gasteiger partial charge in [0.1, 0.15) is 5.84 Å². The molecule has 6 heteroatoms. The highest BCUT2D eigenvalue weighted by atomic mass is 35.5. The summed E-state index contributed by atoms with van der Waals surface area (Å²) in [4.78, 5) is 11.4. The molecule has 1 heterocycles. The first-order chi connectivity index (χ1) is 7.56. The average molecular weight is 254 g/mol. The van der Waals surface area contributed by atoms with Gasteiger partial charge in [0.05, 0.1) is 11.0 Å². The van der Waals surface area contributed by atoms with E-state index in [4.69, 9.17) is 11.5 Å². The number of fused-ring (bicyclic) bond motifs is 1. The highest BCUT2D eigenvalue weighted by molar-refractivity contribution is 6.00. The van der Waals surface area contributed by atoms with Crippen molar-refractivity contribution in [2.45, 2.75) is 19.9 Å². The number of nitrogen functional groups attached to an aromatic ring is 1. The predicted octanol–water partition coefficient (Wildman–Crippen LogP) is 1.68. The van der Waals surface area contributed by atoms with E-state index in [1.165, 1.54) is 0 Å². The van der Waals surface area contributed by atoms with Gasteiger partial charge < -0.3 is 16.5 Å². The van der Waals surface area contributed by atoms with Crippen LogP contribution in [0, 0.1) is 0 Å². The van der Waals surface area contributed by atoms with E-state index in [0.29, 0.717) is 11.8 Å². The van der Waals surface area contributed by atoms with Crippen molar-refractivity contribution in [3.63, 3.8) is 0 Å². The number of hydrogen-bond acceptors (Lipinski definition) is 3. The van der Waals surface area contributed by atoms with Gasteiger partial charge in [0, 0.05) is 11.6 Å². The minimum Gasteiger partial charge on any atom is -0.383 e. The Morgan fingerprint density at radius 2 is 2.12 bits per heavy atom. The summed E-state index contributed by atoms with van der Waals surface area (Å²) < 4.78 is 0. The molecule has 0 radical (unpaired) electrons. The van der Waals surface area contributed by atoms with Crippen LogP contribution in [0.4, 0.5) is 5.95 Å². The van der Waals surface area contributed by atoms with Crippen molar-refractivity contribution in [2.24, 2.45) is 10.7 Å². The van der Waals surface area contributed by atoms with Gasteiger partial charge in [0.25, 0.3) is 0 Å². The Bertz CT molecular complexity index is 544. The fourth-order valence-corrected chi connectivity index (χ4v) is 1.54. The minimum absolute atomic E-state index is 0. The Morgan fingerprint density at radius 1 is 1.41 bits per heavy atom. The maximum atomic E-state index is 5.88. The van der Waals surface area contributed by atoms with Gasteiger partial charge in [-0.25, -0.2) is 4.98 Å². The molecule has 0 saturated carbocycles. The second kappa shape index (κ2) is 5.05. The van der Waals surface area contributed by atoms with Gasteiger partial charge in [-0.1, -0.05) is 0 Å². The van der Waals surface area contributed by atoms with Gasteiger partial charge in [-0.15, -0.1) is 12.4 Å². The van der Waals surface area contributed by atoms with Crippen molar-refractivity contribution in [3.8, 4) is 0 Å². The first-order valence-electron chi connectivity index (χ1n) is 5.15. The number of nitrogens with two attached hydrogens (primary N) is 2.